The van der Waals surface area contributed by atoms with E-state index in [1.165, 1.54) is 0 Å². The molecule has 1 aromatic carbocycles. The zero-order valence-electron chi connectivity index (χ0n) is 13.7. The Kier molecular flexibility index (Phi) is 6.51. The second-order valence-electron chi connectivity index (χ2n) is 6.10. The summed E-state index contributed by atoms with van der Waals surface area (Å²) in [5.41, 5.74) is 0.731. The van der Waals surface area contributed by atoms with Crippen molar-refractivity contribution < 1.29 is 9.47 Å². The van der Waals surface area contributed by atoms with Crippen LogP contribution in [0.3, 0.4) is 0 Å². The van der Waals surface area contributed by atoms with E-state index in [-0.39, 0.29) is 5.41 Å². The molecule has 0 bridgehead atoms. The first kappa shape index (κ1) is 17.3. The highest BCUT2D eigenvalue weighted by molar-refractivity contribution is 5.40. The van der Waals surface area contributed by atoms with Gasteiger partial charge >= 0.3 is 0 Å². The van der Waals surface area contributed by atoms with Crippen molar-refractivity contribution in [1.29, 1.82) is 5.26 Å². The highest BCUT2D eigenvalue weighted by Crippen LogP contribution is 2.26. The Morgan fingerprint density at radius 2 is 2.05 bits per heavy atom. The lowest BCUT2D eigenvalue weighted by Gasteiger charge is -2.18. The van der Waals surface area contributed by atoms with Crippen molar-refractivity contribution in [1.82, 2.24) is 5.32 Å². The molecule has 0 spiro atoms. The van der Waals surface area contributed by atoms with Gasteiger partial charge in [0.05, 0.1) is 25.2 Å². The van der Waals surface area contributed by atoms with Gasteiger partial charge in [-0.1, -0.05) is 19.9 Å². The Morgan fingerprint density at radius 1 is 1.33 bits per heavy atom. The topological polar surface area (TPSA) is 54.3 Å². The van der Waals surface area contributed by atoms with Crippen molar-refractivity contribution in [3.8, 4) is 17.6 Å². The molecule has 0 aliphatic carbocycles. The number of benzene rings is 1. The first-order chi connectivity index (χ1) is 9.88. The van der Waals surface area contributed by atoms with E-state index in [9.17, 15) is 0 Å². The fourth-order valence-electron chi connectivity index (χ4n) is 1.73. The van der Waals surface area contributed by atoms with E-state index in [4.69, 9.17) is 14.7 Å². The lowest BCUT2D eigenvalue weighted by Crippen LogP contribution is -2.22. The maximum atomic E-state index is 9.04. The molecule has 0 heterocycles. The average molecular weight is 290 g/mol. The van der Waals surface area contributed by atoms with E-state index in [1.54, 1.807) is 7.11 Å². The van der Waals surface area contributed by atoms with E-state index < -0.39 is 0 Å². The summed E-state index contributed by atoms with van der Waals surface area (Å²) in [6, 6.07) is 8.55. The van der Waals surface area contributed by atoms with Crippen LogP contribution in [0.25, 0.3) is 0 Å². The van der Waals surface area contributed by atoms with Gasteiger partial charge in [-0.05, 0) is 26.3 Å². The molecule has 0 fully saturated rings. The third kappa shape index (κ3) is 6.05. The summed E-state index contributed by atoms with van der Waals surface area (Å²) in [7, 11) is 1.64. The van der Waals surface area contributed by atoms with Gasteiger partial charge < -0.3 is 14.8 Å². The van der Waals surface area contributed by atoms with Gasteiger partial charge in [-0.2, -0.15) is 5.26 Å². The molecule has 0 atom stereocenters. The standard InChI is InChI=1S/C17H26N2O2/c1-13(2)19-11-14-6-7-15(20-5)10-16(14)21-9-8-17(3,4)12-18/h6-7,10,13,19H,8-9,11H2,1-5H3. The monoisotopic (exact) mass is 290 g/mol. The predicted molar refractivity (Wildman–Crippen MR) is 84.5 cm³/mol. The van der Waals surface area contributed by atoms with Gasteiger partial charge in [0, 0.05) is 24.2 Å². The van der Waals surface area contributed by atoms with E-state index in [1.807, 2.05) is 32.0 Å². The molecule has 0 unspecified atom stereocenters. The average Bonchev–Trinajstić information content (AvgIpc) is 2.45. The van der Waals surface area contributed by atoms with Gasteiger partial charge in [-0.15, -0.1) is 0 Å². The van der Waals surface area contributed by atoms with Crippen molar-refractivity contribution >= 4 is 0 Å². The van der Waals surface area contributed by atoms with Gasteiger partial charge in [0.2, 0.25) is 0 Å². The predicted octanol–water partition coefficient (Wildman–Crippen LogP) is 3.51. The van der Waals surface area contributed by atoms with Crippen LogP contribution in [0.5, 0.6) is 11.5 Å². The largest absolute Gasteiger partial charge is 0.497 e. The van der Waals surface area contributed by atoms with Gasteiger partial charge in [0.1, 0.15) is 11.5 Å². The molecule has 0 amide bonds. The molecule has 1 rings (SSSR count). The second kappa shape index (κ2) is 7.90. The van der Waals surface area contributed by atoms with Gasteiger partial charge in [0.25, 0.3) is 0 Å². The summed E-state index contributed by atoms with van der Waals surface area (Å²) in [5, 5.41) is 12.4. The molecule has 0 aliphatic rings. The van der Waals surface area contributed by atoms with Crippen molar-refractivity contribution in [3.63, 3.8) is 0 Å². The van der Waals surface area contributed by atoms with E-state index >= 15 is 0 Å². The van der Waals surface area contributed by atoms with Crippen molar-refractivity contribution in [2.75, 3.05) is 13.7 Å². The summed E-state index contributed by atoms with van der Waals surface area (Å²) in [5.74, 6) is 1.59. The fraction of sp³-hybridized carbons (Fsp3) is 0.588. The molecule has 0 aromatic heterocycles. The smallest absolute Gasteiger partial charge is 0.127 e. The van der Waals surface area contributed by atoms with Crippen LogP contribution in [0.2, 0.25) is 0 Å². The zero-order valence-corrected chi connectivity index (χ0v) is 13.7. The maximum Gasteiger partial charge on any atom is 0.127 e. The lowest BCUT2D eigenvalue weighted by molar-refractivity contribution is 0.260. The highest BCUT2D eigenvalue weighted by atomic mass is 16.5. The molecule has 0 saturated heterocycles. The molecular weight excluding hydrogens is 264 g/mol. The van der Waals surface area contributed by atoms with Gasteiger partial charge in [-0.25, -0.2) is 0 Å². The highest BCUT2D eigenvalue weighted by Gasteiger charge is 2.17. The molecule has 4 nitrogen and oxygen atoms in total. The number of hydrogen-bond donors (Lipinski definition) is 1. The van der Waals surface area contributed by atoms with Crippen LogP contribution in [-0.4, -0.2) is 19.8 Å². The third-order valence-corrected chi connectivity index (χ3v) is 3.26. The summed E-state index contributed by atoms with van der Waals surface area (Å²) in [6.45, 7) is 9.33. The molecule has 0 saturated carbocycles. The summed E-state index contributed by atoms with van der Waals surface area (Å²) >= 11 is 0. The van der Waals surface area contributed by atoms with E-state index in [2.05, 4.69) is 25.2 Å². The van der Waals surface area contributed by atoms with Crippen LogP contribution >= 0.6 is 0 Å². The minimum Gasteiger partial charge on any atom is -0.497 e. The molecule has 4 heteroatoms. The minimum absolute atomic E-state index is 0.366. The Bertz CT molecular complexity index is 490. The number of hydrogen-bond acceptors (Lipinski definition) is 4. The Hall–Kier alpha value is -1.73. The summed E-state index contributed by atoms with van der Waals surface area (Å²) in [4.78, 5) is 0. The normalized spacial score (nSPS) is 11.3. The Morgan fingerprint density at radius 3 is 2.62 bits per heavy atom. The van der Waals surface area contributed by atoms with E-state index in [0.717, 1.165) is 23.6 Å². The number of ether oxygens (including phenoxy) is 2. The Labute approximate surface area is 128 Å². The van der Waals surface area contributed by atoms with Crippen molar-refractivity contribution in [2.24, 2.45) is 5.41 Å². The third-order valence-electron chi connectivity index (χ3n) is 3.26. The number of rotatable bonds is 8. The molecule has 1 N–H and O–H groups in total. The molecule has 0 radical (unpaired) electrons. The SMILES string of the molecule is COc1ccc(CNC(C)C)c(OCCC(C)(C)C#N)c1. The van der Waals surface area contributed by atoms with Crippen LogP contribution in [-0.2, 0) is 6.54 Å². The van der Waals surface area contributed by atoms with Crippen molar-refractivity contribution in [2.45, 2.75) is 46.7 Å². The molecular formula is C17H26N2O2. The van der Waals surface area contributed by atoms with Crippen LogP contribution in [0.4, 0.5) is 0 Å². The molecule has 116 valence electrons. The van der Waals surface area contributed by atoms with Crippen LogP contribution < -0.4 is 14.8 Å². The zero-order chi connectivity index (χ0) is 15.9. The number of methoxy groups -OCH3 is 1. The van der Waals surface area contributed by atoms with Crippen molar-refractivity contribution in [3.05, 3.63) is 23.8 Å². The summed E-state index contributed by atoms with van der Waals surface area (Å²) in [6.07, 6.45) is 0.692. The number of nitriles is 1. The molecule has 21 heavy (non-hydrogen) atoms. The Balaban J connectivity index is 2.74. The number of nitrogens with one attached hydrogen (secondary N) is 1. The minimum atomic E-state index is -0.366. The molecule has 1 aromatic rings. The van der Waals surface area contributed by atoms with Gasteiger partial charge in [0.15, 0.2) is 0 Å². The van der Waals surface area contributed by atoms with Crippen LogP contribution in [0.15, 0.2) is 18.2 Å². The summed E-state index contributed by atoms with van der Waals surface area (Å²) < 4.78 is 11.1. The first-order valence-corrected chi connectivity index (χ1v) is 7.32. The van der Waals surface area contributed by atoms with Gasteiger partial charge in [-0.3, -0.25) is 0 Å². The maximum absolute atomic E-state index is 9.04. The number of nitrogens with zero attached hydrogens (tertiary/aromatic N) is 1. The quantitative estimate of drug-likeness (QED) is 0.796. The second-order valence-corrected chi connectivity index (χ2v) is 6.10. The van der Waals surface area contributed by atoms with Crippen LogP contribution in [0, 0.1) is 16.7 Å². The fourth-order valence-corrected chi connectivity index (χ4v) is 1.73. The molecule has 0 aliphatic heterocycles. The lowest BCUT2D eigenvalue weighted by atomic mass is 9.92. The van der Waals surface area contributed by atoms with E-state index in [0.29, 0.717) is 19.1 Å². The first-order valence-electron chi connectivity index (χ1n) is 7.32. The van der Waals surface area contributed by atoms with Crippen LogP contribution in [0.1, 0.15) is 39.7 Å².